The quantitative estimate of drug-likeness (QED) is 0.279. The van der Waals surface area contributed by atoms with Crippen molar-refractivity contribution in [3.05, 3.63) is 82.7 Å². The van der Waals surface area contributed by atoms with Crippen molar-refractivity contribution < 1.29 is 10.2 Å². The molecule has 212 valence electrons. The van der Waals surface area contributed by atoms with Crippen molar-refractivity contribution in [2.75, 3.05) is 13.2 Å². The van der Waals surface area contributed by atoms with Crippen molar-refractivity contribution in [3.63, 3.8) is 0 Å². The number of aliphatic hydroxyl groups is 2. The van der Waals surface area contributed by atoms with Crippen LogP contribution in [0.2, 0.25) is 0 Å². The third kappa shape index (κ3) is 5.78. The van der Waals surface area contributed by atoms with Gasteiger partial charge in [-0.3, -0.25) is 9.97 Å². The Morgan fingerprint density at radius 3 is 1.93 bits per heavy atom. The molecule has 7 nitrogen and oxygen atoms in total. The summed E-state index contributed by atoms with van der Waals surface area (Å²) in [5, 5.41) is 19.2. The molecule has 5 rings (SSSR count). The summed E-state index contributed by atoms with van der Waals surface area (Å²) in [6.45, 7) is 8.81. The predicted molar refractivity (Wildman–Crippen MR) is 167 cm³/mol. The largest absolute Gasteiger partial charge is 0.396 e. The number of rotatable bonds is 8. The van der Waals surface area contributed by atoms with E-state index >= 15 is 0 Å². The summed E-state index contributed by atoms with van der Waals surface area (Å²) in [6.07, 6.45) is 8.27. The van der Waals surface area contributed by atoms with Gasteiger partial charge in [-0.1, -0.05) is 26.0 Å². The van der Waals surface area contributed by atoms with E-state index in [2.05, 4.69) is 44.8 Å². The second kappa shape index (κ2) is 12.7. The van der Waals surface area contributed by atoms with E-state index in [-0.39, 0.29) is 13.2 Å². The molecule has 0 fully saturated rings. The van der Waals surface area contributed by atoms with Gasteiger partial charge in [0.15, 0.2) is 0 Å². The summed E-state index contributed by atoms with van der Waals surface area (Å²) in [6, 6.07) is 12.1. The van der Waals surface area contributed by atoms with Gasteiger partial charge in [-0.05, 0) is 110 Å². The molecule has 0 spiro atoms. The summed E-state index contributed by atoms with van der Waals surface area (Å²) < 4.78 is 0. The molecule has 2 aliphatic heterocycles. The molecule has 1 aromatic carbocycles. The fourth-order valence-electron chi connectivity index (χ4n) is 5.77. The molecule has 0 saturated carbocycles. The van der Waals surface area contributed by atoms with Crippen LogP contribution < -0.4 is 0 Å². The van der Waals surface area contributed by atoms with E-state index in [4.69, 9.17) is 19.9 Å². The van der Waals surface area contributed by atoms with E-state index in [1.807, 2.05) is 36.7 Å². The summed E-state index contributed by atoms with van der Waals surface area (Å²) in [5.41, 5.74) is 14.0. The van der Waals surface area contributed by atoms with Crippen LogP contribution in [-0.2, 0) is 6.42 Å². The highest BCUT2D eigenvalue weighted by Gasteiger charge is 2.21. The van der Waals surface area contributed by atoms with Crippen LogP contribution in [0.5, 0.6) is 0 Å². The summed E-state index contributed by atoms with van der Waals surface area (Å²) in [5.74, 6) is 0. The van der Waals surface area contributed by atoms with Crippen molar-refractivity contribution in [3.8, 4) is 0 Å². The Hall–Kier alpha value is -3.94. The number of aromatic amines is 1. The Bertz CT molecular complexity index is 1720. The molecule has 0 radical (unpaired) electrons. The minimum atomic E-state index is 0.128. The van der Waals surface area contributed by atoms with Crippen molar-refractivity contribution in [2.45, 2.75) is 66.2 Å². The second-order valence-corrected chi connectivity index (χ2v) is 10.5. The van der Waals surface area contributed by atoms with Gasteiger partial charge in [-0.15, -0.1) is 0 Å². The first-order valence-corrected chi connectivity index (χ1v) is 14.6. The molecule has 0 aliphatic carbocycles. The van der Waals surface area contributed by atoms with Crippen LogP contribution in [-0.4, -0.2) is 48.3 Å². The number of aliphatic hydroxyl groups excluding tert-OH is 2. The Morgan fingerprint density at radius 2 is 1.27 bits per heavy atom. The lowest BCUT2D eigenvalue weighted by atomic mass is 9.98. The number of aromatic nitrogens is 5. The monoisotopic (exact) mass is 549 g/mol. The molecule has 0 saturated heterocycles. The molecular weight excluding hydrogens is 510 g/mol. The normalized spacial score (nSPS) is 13.2. The minimum absolute atomic E-state index is 0.128. The first-order valence-electron chi connectivity index (χ1n) is 14.6. The third-order valence-corrected chi connectivity index (χ3v) is 8.03. The van der Waals surface area contributed by atoms with E-state index in [1.54, 1.807) is 0 Å². The highest BCUT2D eigenvalue weighted by molar-refractivity contribution is 5.95. The lowest BCUT2D eigenvalue weighted by Gasteiger charge is -2.05. The number of allylic oxidation sites excluding steroid dienone is 4. The predicted octanol–water partition coefficient (Wildman–Crippen LogP) is 7.01. The number of benzene rings is 1. The number of para-hydroxylation sites is 2. The van der Waals surface area contributed by atoms with Gasteiger partial charge in [0.1, 0.15) is 0 Å². The van der Waals surface area contributed by atoms with Gasteiger partial charge in [-0.2, -0.15) is 0 Å². The molecular formula is C34H39N5O2. The van der Waals surface area contributed by atoms with Gasteiger partial charge >= 0.3 is 0 Å². The number of hydrogen-bond donors (Lipinski definition) is 3. The highest BCUT2D eigenvalue weighted by atomic mass is 16.3. The van der Waals surface area contributed by atoms with Crippen LogP contribution in [0.3, 0.4) is 0 Å². The van der Waals surface area contributed by atoms with E-state index in [0.29, 0.717) is 12.8 Å². The fraction of sp³-hybridized carbons (Fsp3) is 0.353. The number of hydrogen-bond acceptors (Lipinski definition) is 6. The maximum Gasteiger partial charge on any atom is 0.0887 e. The van der Waals surface area contributed by atoms with Crippen molar-refractivity contribution in [1.82, 2.24) is 24.9 Å². The van der Waals surface area contributed by atoms with E-state index in [1.165, 1.54) is 16.7 Å². The van der Waals surface area contributed by atoms with Gasteiger partial charge in [0, 0.05) is 18.7 Å². The van der Waals surface area contributed by atoms with Gasteiger partial charge in [-0.25, -0.2) is 9.97 Å². The number of H-pyrrole nitrogens is 1. The molecule has 0 amide bonds. The number of nitrogens with one attached hydrogen (secondary N) is 1. The molecule has 6 bridgehead atoms. The Labute approximate surface area is 241 Å². The van der Waals surface area contributed by atoms with Crippen molar-refractivity contribution >= 4 is 44.4 Å². The maximum atomic E-state index is 9.60. The molecule has 3 aromatic rings. The summed E-state index contributed by atoms with van der Waals surface area (Å²) in [4.78, 5) is 23.4. The lowest BCUT2D eigenvalue weighted by Crippen LogP contribution is -1.90. The van der Waals surface area contributed by atoms with Crippen molar-refractivity contribution in [1.29, 1.82) is 0 Å². The average molecular weight is 550 g/mol. The smallest absolute Gasteiger partial charge is 0.0887 e. The van der Waals surface area contributed by atoms with Gasteiger partial charge in [0.05, 0.1) is 51.7 Å². The molecule has 41 heavy (non-hydrogen) atoms. The maximum absolute atomic E-state index is 9.60. The molecule has 2 aromatic heterocycles. The summed E-state index contributed by atoms with van der Waals surface area (Å²) in [7, 11) is 0. The van der Waals surface area contributed by atoms with Crippen LogP contribution in [0, 0.1) is 6.92 Å². The topological polar surface area (TPSA) is 108 Å². The fourth-order valence-corrected chi connectivity index (χ4v) is 5.77. The molecule has 0 unspecified atom stereocenters. The van der Waals surface area contributed by atoms with E-state index in [9.17, 15) is 10.2 Å². The first kappa shape index (κ1) is 28.6. The summed E-state index contributed by atoms with van der Waals surface area (Å²) >= 11 is 0. The van der Waals surface area contributed by atoms with Crippen LogP contribution in [0.25, 0.3) is 44.4 Å². The zero-order valence-corrected chi connectivity index (χ0v) is 24.5. The number of nitrogens with zero attached hydrogens (tertiary/aromatic N) is 4. The Morgan fingerprint density at radius 1 is 0.683 bits per heavy atom. The van der Waals surface area contributed by atoms with E-state index < -0.39 is 0 Å². The zero-order chi connectivity index (χ0) is 28.9. The third-order valence-electron chi connectivity index (χ3n) is 8.03. The van der Waals surface area contributed by atoms with Crippen LogP contribution in [0.4, 0.5) is 0 Å². The standard InChI is InChI=1S/C34H39N5O2/c1-5-23-24(6-2)30-18-32-26(12-10-16-41)22(4)34(39-32)20-36-28-14-8-7-13-27(28)35-19-33-21(3)25(11-9-15-40)31(38-33)17-29(23)37-30/h7-8,13-14,17-20,38,40-41H,5-6,9-12,15-16H2,1-4H3. The lowest BCUT2D eigenvalue weighted by molar-refractivity contribution is 0.288. The molecule has 2 aliphatic rings. The highest BCUT2D eigenvalue weighted by Crippen LogP contribution is 2.38. The van der Waals surface area contributed by atoms with Crippen molar-refractivity contribution in [2.24, 2.45) is 0 Å². The molecule has 3 N–H and O–H groups in total. The van der Waals surface area contributed by atoms with Gasteiger partial charge in [0.2, 0.25) is 0 Å². The van der Waals surface area contributed by atoms with Crippen LogP contribution in [0.1, 0.15) is 86.8 Å². The SMILES string of the molecule is CCC1=C(CC)c2cc3[nH]c(cnc4ccccc4ncc4nc(cc1n2)C(CCCO)=C4C)c(C)c3CCCO. The average Bonchev–Trinajstić information content (AvgIpc) is 3.58. The van der Waals surface area contributed by atoms with Crippen LogP contribution in [0.15, 0.2) is 48.8 Å². The molecule has 7 heteroatoms. The number of aryl methyl sites for hydroxylation is 2. The first-order chi connectivity index (χ1) is 20.0. The molecule has 0 atom stereocenters. The number of fused-ring (bicyclic) bond motifs is 7. The Balaban J connectivity index is 1.90. The second-order valence-electron chi connectivity index (χ2n) is 10.5. The zero-order valence-electron chi connectivity index (χ0n) is 24.5. The van der Waals surface area contributed by atoms with Gasteiger partial charge < -0.3 is 15.2 Å². The van der Waals surface area contributed by atoms with E-state index in [0.717, 1.165) is 87.2 Å². The van der Waals surface area contributed by atoms with Gasteiger partial charge in [0.25, 0.3) is 0 Å². The minimum Gasteiger partial charge on any atom is -0.396 e. The molecule has 4 heterocycles. The Kier molecular flexibility index (Phi) is 8.86. The van der Waals surface area contributed by atoms with Crippen LogP contribution >= 0.6 is 0 Å².